The number of nitrogens with zero attached hydrogens (tertiary/aromatic N) is 1. The molecule has 0 saturated carbocycles. The third kappa shape index (κ3) is 3.98. The van der Waals surface area contributed by atoms with Gasteiger partial charge in [-0.1, -0.05) is 22.0 Å². The topological polar surface area (TPSA) is 61.6 Å². The number of rotatable bonds is 6. The van der Waals surface area contributed by atoms with Crippen LogP contribution < -0.4 is 4.74 Å². The van der Waals surface area contributed by atoms with E-state index in [1.165, 1.54) is 13.2 Å². The van der Waals surface area contributed by atoms with Gasteiger partial charge in [-0.3, -0.25) is 10.1 Å². The van der Waals surface area contributed by atoms with Gasteiger partial charge < -0.3 is 9.47 Å². The number of halogens is 1. The number of methoxy groups -OCH3 is 2. The molecule has 0 spiro atoms. The second-order valence-electron chi connectivity index (χ2n) is 3.52. The normalized spacial score (nSPS) is 12.2. The summed E-state index contributed by atoms with van der Waals surface area (Å²) in [5, 5.41) is 10.7. The van der Waals surface area contributed by atoms with Crippen LogP contribution >= 0.6 is 15.9 Å². The lowest BCUT2D eigenvalue weighted by molar-refractivity contribution is -0.385. The average Bonchev–Trinajstić information content (AvgIpc) is 2.28. The van der Waals surface area contributed by atoms with Crippen LogP contribution in [0.15, 0.2) is 18.2 Å². The molecule has 0 amide bonds. The number of ether oxygens (including phenoxy) is 2. The van der Waals surface area contributed by atoms with Gasteiger partial charge in [0.25, 0.3) is 0 Å². The summed E-state index contributed by atoms with van der Waals surface area (Å²) in [6, 6.07) is 4.87. The van der Waals surface area contributed by atoms with Gasteiger partial charge in [0.2, 0.25) is 0 Å². The summed E-state index contributed by atoms with van der Waals surface area (Å²) in [4.78, 5) is 10.4. The van der Waals surface area contributed by atoms with E-state index in [-0.39, 0.29) is 16.3 Å². The molecule has 1 aromatic rings. The van der Waals surface area contributed by atoms with Gasteiger partial charge in [0.15, 0.2) is 5.75 Å². The summed E-state index contributed by atoms with van der Waals surface area (Å²) in [5.41, 5.74) is 0.945. The Morgan fingerprint density at radius 1 is 1.47 bits per heavy atom. The molecule has 17 heavy (non-hydrogen) atoms. The molecule has 1 rings (SSSR count). The number of hydrogen-bond donors (Lipinski definition) is 0. The van der Waals surface area contributed by atoms with Crippen molar-refractivity contribution in [1.29, 1.82) is 0 Å². The first kappa shape index (κ1) is 13.9. The van der Waals surface area contributed by atoms with Gasteiger partial charge in [0.1, 0.15) is 0 Å². The first-order chi connectivity index (χ1) is 8.08. The Kier molecular flexibility index (Phi) is 5.37. The Labute approximate surface area is 108 Å². The Balaban J connectivity index is 2.86. The van der Waals surface area contributed by atoms with Gasteiger partial charge in [-0.15, -0.1) is 0 Å². The van der Waals surface area contributed by atoms with Gasteiger partial charge in [-0.05, 0) is 18.1 Å². The van der Waals surface area contributed by atoms with Gasteiger partial charge in [0, 0.05) is 18.0 Å². The third-order valence-corrected chi connectivity index (χ3v) is 2.83. The minimum atomic E-state index is -0.455. The van der Waals surface area contributed by atoms with Crippen LogP contribution in [0.2, 0.25) is 0 Å². The lowest BCUT2D eigenvalue weighted by atomic mass is 10.1. The second kappa shape index (κ2) is 6.56. The van der Waals surface area contributed by atoms with Crippen molar-refractivity contribution in [3.8, 4) is 5.75 Å². The molecule has 5 nitrogen and oxygen atoms in total. The molecule has 0 N–H and O–H groups in total. The molecule has 1 atom stereocenters. The second-order valence-corrected chi connectivity index (χ2v) is 4.82. The van der Waals surface area contributed by atoms with E-state index in [1.807, 2.05) is 0 Å². The van der Waals surface area contributed by atoms with Crippen LogP contribution in [-0.2, 0) is 11.2 Å². The van der Waals surface area contributed by atoms with Crippen LogP contribution in [0, 0.1) is 10.1 Å². The highest BCUT2D eigenvalue weighted by molar-refractivity contribution is 9.09. The molecule has 1 unspecified atom stereocenters. The minimum absolute atomic E-state index is 0.0193. The zero-order chi connectivity index (χ0) is 12.8. The van der Waals surface area contributed by atoms with Crippen LogP contribution in [0.1, 0.15) is 5.56 Å². The molecule has 94 valence electrons. The number of hydrogen-bond acceptors (Lipinski definition) is 4. The largest absolute Gasteiger partial charge is 0.490 e. The molecule has 0 aliphatic heterocycles. The number of nitro groups is 1. The summed E-state index contributed by atoms with van der Waals surface area (Å²) in [6.45, 7) is 0.583. The zero-order valence-electron chi connectivity index (χ0n) is 9.68. The van der Waals surface area contributed by atoms with Gasteiger partial charge in [-0.25, -0.2) is 0 Å². The van der Waals surface area contributed by atoms with Crippen molar-refractivity contribution < 1.29 is 14.4 Å². The van der Waals surface area contributed by atoms with Crippen molar-refractivity contribution in [2.24, 2.45) is 0 Å². The molecular weight excluding hydrogens is 290 g/mol. The smallest absolute Gasteiger partial charge is 0.310 e. The summed E-state index contributed by atoms with van der Waals surface area (Å²) in [5.74, 6) is 0.282. The summed E-state index contributed by atoms with van der Waals surface area (Å²) in [6.07, 6.45) is 0.724. The summed E-state index contributed by atoms with van der Waals surface area (Å²) < 4.78 is 10.0. The maximum absolute atomic E-state index is 10.7. The Hall–Kier alpha value is -1.14. The van der Waals surface area contributed by atoms with Crippen molar-refractivity contribution >= 4 is 21.6 Å². The fraction of sp³-hybridized carbons (Fsp3) is 0.455. The van der Waals surface area contributed by atoms with Crippen LogP contribution in [0.3, 0.4) is 0 Å². The van der Waals surface area contributed by atoms with E-state index in [2.05, 4.69) is 15.9 Å². The van der Waals surface area contributed by atoms with Gasteiger partial charge >= 0.3 is 5.69 Å². The lowest BCUT2D eigenvalue weighted by Crippen LogP contribution is -2.10. The standard InChI is InChI=1S/C11H14BrNO4/c1-16-7-9(12)5-8-3-4-10(13(14)15)11(6-8)17-2/h3-4,6,9H,5,7H2,1-2H3. The molecule has 0 aliphatic carbocycles. The third-order valence-electron chi connectivity index (χ3n) is 2.25. The van der Waals surface area contributed by atoms with Crippen molar-refractivity contribution in [3.05, 3.63) is 33.9 Å². The Morgan fingerprint density at radius 3 is 2.71 bits per heavy atom. The van der Waals surface area contributed by atoms with Gasteiger partial charge in [0.05, 0.1) is 18.6 Å². The maximum Gasteiger partial charge on any atom is 0.310 e. The molecular formula is C11H14BrNO4. The fourth-order valence-corrected chi connectivity index (χ4v) is 2.13. The molecule has 1 aromatic carbocycles. The molecule has 6 heteroatoms. The highest BCUT2D eigenvalue weighted by Gasteiger charge is 2.15. The quantitative estimate of drug-likeness (QED) is 0.460. The van der Waals surface area contributed by atoms with E-state index < -0.39 is 4.92 Å². The van der Waals surface area contributed by atoms with Crippen LogP contribution in [-0.4, -0.2) is 30.6 Å². The number of benzene rings is 1. The Bertz CT molecular complexity index is 397. The first-order valence-electron chi connectivity index (χ1n) is 5.02. The SMILES string of the molecule is COCC(Br)Cc1ccc([N+](=O)[O-])c(OC)c1. The van der Waals surface area contributed by atoms with Crippen LogP contribution in [0.4, 0.5) is 5.69 Å². The number of nitro benzene ring substituents is 1. The van der Waals surface area contributed by atoms with E-state index in [4.69, 9.17) is 9.47 Å². The molecule has 0 fully saturated rings. The van der Waals surface area contributed by atoms with E-state index in [9.17, 15) is 10.1 Å². The van der Waals surface area contributed by atoms with Gasteiger partial charge in [-0.2, -0.15) is 0 Å². The molecule has 0 aromatic heterocycles. The van der Waals surface area contributed by atoms with Crippen molar-refractivity contribution in [2.45, 2.75) is 11.2 Å². The van der Waals surface area contributed by atoms with E-state index in [0.717, 1.165) is 12.0 Å². The summed E-state index contributed by atoms with van der Waals surface area (Å²) >= 11 is 3.47. The highest BCUT2D eigenvalue weighted by Crippen LogP contribution is 2.28. The molecule has 0 radical (unpaired) electrons. The number of alkyl halides is 1. The minimum Gasteiger partial charge on any atom is -0.490 e. The molecule has 0 bridgehead atoms. The molecule has 0 heterocycles. The summed E-state index contributed by atoms with van der Waals surface area (Å²) in [7, 11) is 3.05. The van der Waals surface area contributed by atoms with Crippen molar-refractivity contribution in [2.75, 3.05) is 20.8 Å². The maximum atomic E-state index is 10.7. The predicted molar refractivity (Wildman–Crippen MR) is 67.9 cm³/mol. The first-order valence-corrected chi connectivity index (χ1v) is 5.94. The van der Waals surface area contributed by atoms with E-state index >= 15 is 0 Å². The monoisotopic (exact) mass is 303 g/mol. The van der Waals surface area contributed by atoms with Crippen molar-refractivity contribution in [1.82, 2.24) is 0 Å². The highest BCUT2D eigenvalue weighted by atomic mass is 79.9. The van der Waals surface area contributed by atoms with E-state index in [1.54, 1.807) is 19.2 Å². The van der Waals surface area contributed by atoms with Crippen LogP contribution in [0.5, 0.6) is 5.75 Å². The zero-order valence-corrected chi connectivity index (χ0v) is 11.3. The predicted octanol–water partition coefficient (Wildman–Crippen LogP) is 2.56. The van der Waals surface area contributed by atoms with Crippen LogP contribution in [0.25, 0.3) is 0 Å². The van der Waals surface area contributed by atoms with Crippen molar-refractivity contribution in [3.63, 3.8) is 0 Å². The van der Waals surface area contributed by atoms with E-state index in [0.29, 0.717) is 6.61 Å². The Morgan fingerprint density at radius 2 is 2.18 bits per heavy atom. The molecule has 0 saturated heterocycles. The lowest BCUT2D eigenvalue weighted by Gasteiger charge is -2.09. The molecule has 0 aliphatic rings. The average molecular weight is 304 g/mol. The fourth-order valence-electron chi connectivity index (χ4n) is 1.50.